The van der Waals surface area contributed by atoms with Crippen LogP contribution in [0.4, 0.5) is 17.5 Å². The Morgan fingerprint density at radius 1 is 1.12 bits per heavy atom. The number of anilines is 3. The number of hydrogen-bond acceptors (Lipinski definition) is 5. The first-order valence-corrected chi connectivity index (χ1v) is 8.03. The van der Waals surface area contributed by atoms with Crippen molar-refractivity contribution in [2.24, 2.45) is 5.92 Å². The predicted molar refractivity (Wildman–Crippen MR) is 97.0 cm³/mol. The fourth-order valence-electron chi connectivity index (χ4n) is 2.50. The van der Waals surface area contributed by atoms with Gasteiger partial charge in [0.2, 0.25) is 5.95 Å². The van der Waals surface area contributed by atoms with Crippen LogP contribution in [0.5, 0.6) is 0 Å². The van der Waals surface area contributed by atoms with Crippen LogP contribution in [0.2, 0.25) is 0 Å². The fourth-order valence-corrected chi connectivity index (χ4v) is 2.50. The highest BCUT2D eigenvalue weighted by molar-refractivity contribution is 5.53. The molecule has 0 saturated heterocycles. The van der Waals surface area contributed by atoms with Crippen LogP contribution in [0, 0.1) is 5.92 Å². The molecule has 6 nitrogen and oxygen atoms in total. The molecule has 0 spiro atoms. The molecule has 0 saturated carbocycles. The van der Waals surface area contributed by atoms with Crippen molar-refractivity contribution in [2.75, 3.05) is 23.8 Å². The molecule has 0 unspecified atom stereocenters. The van der Waals surface area contributed by atoms with E-state index < -0.39 is 0 Å². The van der Waals surface area contributed by atoms with Crippen molar-refractivity contribution in [1.29, 1.82) is 0 Å². The van der Waals surface area contributed by atoms with Crippen LogP contribution in [-0.2, 0) is 0 Å². The largest absolute Gasteiger partial charge is 0.359 e. The molecule has 2 heterocycles. The third kappa shape index (κ3) is 3.90. The molecule has 0 fully saturated rings. The first-order chi connectivity index (χ1) is 11.6. The van der Waals surface area contributed by atoms with E-state index in [9.17, 15) is 0 Å². The van der Waals surface area contributed by atoms with Gasteiger partial charge in [-0.25, -0.2) is 9.67 Å². The van der Waals surface area contributed by atoms with E-state index in [4.69, 9.17) is 0 Å². The van der Waals surface area contributed by atoms with E-state index in [1.807, 2.05) is 42.5 Å². The molecule has 3 aromatic rings. The van der Waals surface area contributed by atoms with Gasteiger partial charge in [-0.2, -0.15) is 4.98 Å². The zero-order valence-electron chi connectivity index (χ0n) is 14.2. The second kappa shape index (κ2) is 7.12. The lowest BCUT2D eigenvalue weighted by Crippen LogP contribution is -2.23. The van der Waals surface area contributed by atoms with Crippen molar-refractivity contribution in [3.8, 4) is 5.69 Å². The summed E-state index contributed by atoms with van der Waals surface area (Å²) in [5.41, 5.74) is 1.89. The van der Waals surface area contributed by atoms with Crippen molar-refractivity contribution >= 4 is 17.5 Å². The minimum Gasteiger partial charge on any atom is -0.359 e. The van der Waals surface area contributed by atoms with Crippen LogP contribution < -0.4 is 10.2 Å². The Hall–Kier alpha value is -2.89. The Labute approximate surface area is 142 Å². The second-order valence-electron chi connectivity index (χ2n) is 6.15. The summed E-state index contributed by atoms with van der Waals surface area (Å²) in [6.45, 7) is 5.34. The Morgan fingerprint density at radius 2 is 1.92 bits per heavy atom. The summed E-state index contributed by atoms with van der Waals surface area (Å²) >= 11 is 0. The summed E-state index contributed by atoms with van der Waals surface area (Å²) in [6, 6.07) is 13.8. The van der Waals surface area contributed by atoms with Gasteiger partial charge in [-0.15, -0.1) is 5.10 Å². The standard InChI is InChI=1S/C18H22N6/c1-14(2)12-23(3)17-11-16(9-10-19-17)24-13-20-18(22-24)21-15-7-5-4-6-8-15/h4-11,13-14H,12H2,1-3H3,(H,21,22). The molecule has 1 N–H and O–H groups in total. The molecule has 0 aliphatic heterocycles. The highest BCUT2D eigenvalue weighted by Gasteiger charge is 2.08. The zero-order valence-corrected chi connectivity index (χ0v) is 14.2. The summed E-state index contributed by atoms with van der Waals surface area (Å²) in [4.78, 5) is 10.9. The average Bonchev–Trinajstić information content (AvgIpc) is 3.04. The lowest BCUT2D eigenvalue weighted by molar-refractivity contribution is 0.634. The van der Waals surface area contributed by atoms with Gasteiger partial charge in [-0.1, -0.05) is 32.0 Å². The molecular formula is C18H22N6. The van der Waals surface area contributed by atoms with Crippen molar-refractivity contribution in [2.45, 2.75) is 13.8 Å². The maximum absolute atomic E-state index is 4.49. The molecule has 124 valence electrons. The molecule has 0 aliphatic carbocycles. The monoisotopic (exact) mass is 322 g/mol. The summed E-state index contributed by atoms with van der Waals surface area (Å²) in [7, 11) is 2.05. The van der Waals surface area contributed by atoms with Crippen LogP contribution in [0.25, 0.3) is 5.69 Å². The normalized spacial score (nSPS) is 10.8. The topological polar surface area (TPSA) is 58.9 Å². The van der Waals surface area contributed by atoms with E-state index in [0.717, 1.165) is 23.7 Å². The molecule has 0 aliphatic rings. The summed E-state index contributed by atoms with van der Waals surface area (Å²) in [5.74, 6) is 2.07. The van der Waals surface area contributed by atoms with Gasteiger partial charge in [0.15, 0.2) is 0 Å². The summed E-state index contributed by atoms with van der Waals surface area (Å²) in [6.07, 6.45) is 3.50. The Bertz CT molecular complexity index is 781. The maximum Gasteiger partial charge on any atom is 0.246 e. The zero-order chi connectivity index (χ0) is 16.9. The molecule has 2 aromatic heterocycles. The highest BCUT2D eigenvalue weighted by atomic mass is 15.4. The van der Waals surface area contributed by atoms with Gasteiger partial charge in [0.1, 0.15) is 12.1 Å². The number of hydrogen-bond donors (Lipinski definition) is 1. The number of para-hydroxylation sites is 1. The fraction of sp³-hybridized carbons (Fsp3) is 0.278. The number of benzene rings is 1. The van der Waals surface area contributed by atoms with Gasteiger partial charge < -0.3 is 10.2 Å². The number of rotatable bonds is 6. The lowest BCUT2D eigenvalue weighted by atomic mass is 10.2. The maximum atomic E-state index is 4.49. The van der Waals surface area contributed by atoms with Gasteiger partial charge >= 0.3 is 0 Å². The van der Waals surface area contributed by atoms with Crippen molar-refractivity contribution in [1.82, 2.24) is 19.7 Å². The minimum atomic E-state index is 0.565. The highest BCUT2D eigenvalue weighted by Crippen LogP contribution is 2.17. The van der Waals surface area contributed by atoms with E-state index in [0.29, 0.717) is 11.9 Å². The molecule has 0 atom stereocenters. The summed E-state index contributed by atoms with van der Waals surface area (Å²) in [5, 5.41) is 7.67. The van der Waals surface area contributed by atoms with Crippen LogP contribution in [0.15, 0.2) is 55.0 Å². The number of nitrogens with zero attached hydrogens (tertiary/aromatic N) is 5. The SMILES string of the molecule is CC(C)CN(C)c1cc(-n2cnc(Nc3ccccc3)n2)ccn1. The minimum absolute atomic E-state index is 0.565. The van der Waals surface area contributed by atoms with E-state index >= 15 is 0 Å². The van der Waals surface area contributed by atoms with Crippen LogP contribution in [0.1, 0.15) is 13.8 Å². The Kier molecular flexibility index (Phi) is 4.74. The van der Waals surface area contributed by atoms with Gasteiger partial charge in [0.25, 0.3) is 0 Å². The summed E-state index contributed by atoms with van der Waals surface area (Å²) < 4.78 is 1.75. The number of aromatic nitrogens is 4. The van der Waals surface area contributed by atoms with Crippen molar-refractivity contribution in [3.63, 3.8) is 0 Å². The third-order valence-electron chi connectivity index (χ3n) is 3.55. The van der Waals surface area contributed by atoms with E-state index in [2.05, 4.69) is 46.2 Å². The van der Waals surface area contributed by atoms with Crippen LogP contribution in [0.3, 0.4) is 0 Å². The third-order valence-corrected chi connectivity index (χ3v) is 3.55. The predicted octanol–water partition coefficient (Wildman–Crippen LogP) is 3.50. The smallest absolute Gasteiger partial charge is 0.246 e. The van der Waals surface area contributed by atoms with E-state index in [-0.39, 0.29) is 0 Å². The van der Waals surface area contributed by atoms with Crippen molar-refractivity contribution < 1.29 is 0 Å². The quantitative estimate of drug-likeness (QED) is 0.753. The lowest BCUT2D eigenvalue weighted by Gasteiger charge is -2.20. The number of pyridine rings is 1. The Balaban J connectivity index is 1.77. The molecular weight excluding hydrogens is 300 g/mol. The molecule has 1 aromatic carbocycles. The van der Waals surface area contributed by atoms with Crippen LogP contribution in [-0.4, -0.2) is 33.3 Å². The average molecular weight is 322 g/mol. The van der Waals surface area contributed by atoms with Gasteiger partial charge in [-0.05, 0) is 24.1 Å². The van der Waals surface area contributed by atoms with Gasteiger partial charge in [0, 0.05) is 31.5 Å². The van der Waals surface area contributed by atoms with E-state index in [1.54, 1.807) is 17.2 Å². The molecule has 0 bridgehead atoms. The van der Waals surface area contributed by atoms with E-state index in [1.165, 1.54) is 0 Å². The number of nitrogens with one attached hydrogen (secondary N) is 1. The molecule has 24 heavy (non-hydrogen) atoms. The molecule has 0 radical (unpaired) electrons. The molecule has 3 rings (SSSR count). The first kappa shape index (κ1) is 16.0. The van der Waals surface area contributed by atoms with Crippen molar-refractivity contribution in [3.05, 3.63) is 55.0 Å². The Morgan fingerprint density at radius 3 is 2.67 bits per heavy atom. The second-order valence-corrected chi connectivity index (χ2v) is 6.15. The van der Waals surface area contributed by atoms with Crippen LogP contribution >= 0.6 is 0 Å². The van der Waals surface area contributed by atoms with Gasteiger partial charge in [0.05, 0.1) is 5.69 Å². The van der Waals surface area contributed by atoms with Gasteiger partial charge in [-0.3, -0.25) is 0 Å². The molecule has 6 heteroatoms. The molecule has 0 amide bonds. The first-order valence-electron chi connectivity index (χ1n) is 8.03.